The number of rotatable bonds is 3. The quantitative estimate of drug-likeness (QED) is 0.882. The highest BCUT2D eigenvalue weighted by atomic mass is 32.1. The fourth-order valence-electron chi connectivity index (χ4n) is 4.03. The van der Waals surface area contributed by atoms with Gasteiger partial charge in [0.05, 0.1) is 5.54 Å². The number of aromatic nitrogens is 1. The summed E-state index contributed by atoms with van der Waals surface area (Å²) >= 11 is 1.83. The van der Waals surface area contributed by atoms with Gasteiger partial charge in [-0.25, -0.2) is 4.98 Å². The third-order valence-electron chi connectivity index (χ3n) is 3.97. The SMILES string of the molecule is Cc1csc(C2(NC(C)C)CC(C)CC(C)(C)C2)n1. The van der Waals surface area contributed by atoms with Gasteiger partial charge in [-0.1, -0.05) is 20.8 Å². The molecular formula is C16H28N2S. The van der Waals surface area contributed by atoms with Gasteiger partial charge in [0.15, 0.2) is 0 Å². The maximum Gasteiger partial charge on any atom is 0.113 e. The van der Waals surface area contributed by atoms with Gasteiger partial charge in [-0.05, 0) is 51.4 Å². The van der Waals surface area contributed by atoms with E-state index in [-0.39, 0.29) is 5.54 Å². The summed E-state index contributed by atoms with van der Waals surface area (Å²) in [6.07, 6.45) is 3.72. The van der Waals surface area contributed by atoms with Crippen molar-refractivity contribution in [2.75, 3.05) is 0 Å². The predicted molar refractivity (Wildman–Crippen MR) is 83.6 cm³/mol. The Morgan fingerprint density at radius 1 is 1.37 bits per heavy atom. The predicted octanol–water partition coefficient (Wildman–Crippen LogP) is 4.49. The number of nitrogens with one attached hydrogen (secondary N) is 1. The molecule has 1 aromatic rings. The highest BCUT2D eigenvalue weighted by Gasteiger charge is 2.45. The van der Waals surface area contributed by atoms with E-state index in [1.54, 1.807) is 0 Å². The molecule has 0 aliphatic heterocycles. The van der Waals surface area contributed by atoms with Crippen molar-refractivity contribution < 1.29 is 0 Å². The second kappa shape index (κ2) is 5.17. The maximum absolute atomic E-state index is 4.82. The molecule has 0 saturated heterocycles. The van der Waals surface area contributed by atoms with E-state index in [0.29, 0.717) is 11.5 Å². The van der Waals surface area contributed by atoms with E-state index in [0.717, 1.165) is 11.6 Å². The molecule has 2 atom stereocenters. The molecule has 0 amide bonds. The van der Waals surface area contributed by atoms with Crippen molar-refractivity contribution in [2.24, 2.45) is 11.3 Å². The van der Waals surface area contributed by atoms with Gasteiger partial charge in [-0.15, -0.1) is 11.3 Å². The fraction of sp³-hybridized carbons (Fsp3) is 0.812. The van der Waals surface area contributed by atoms with Crippen molar-refractivity contribution in [3.05, 3.63) is 16.1 Å². The van der Waals surface area contributed by atoms with Crippen LogP contribution in [-0.4, -0.2) is 11.0 Å². The molecule has 1 aliphatic carbocycles. The Morgan fingerprint density at radius 2 is 2.05 bits per heavy atom. The summed E-state index contributed by atoms with van der Waals surface area (Å²) in [5.41, 5.74) is 1.62. The molecule has 2 nitrogen and oxygen atoms in total. The summed E-state index contributed by atoms with van der Waals surface area (Å²) < 4.78 is 0. The Kier molecular flexibility index (Phi) is 4.08. The topological polar surface area (TPSA) is 24.9 Å². The van der Waals surface area contributed by atoms with Crippen LogP contribution in [0.25, 0.3) is 0 Å². The van der Waals surface area contributed by atoms with Crippen LogP contribution in [0.2, 0.25) is 0 Å². The van der Waals surface area contributed by atoms with E-state index in [9.17, 15) is 0 Å². The molecule has 1 N–H and O–H groups in total. The monoisotopic (exact) mass is 280 g/mol. The molecule has 0 radical (unpaired) electrons. The van der Waals surface area contributed by atoms with E-state index < -0.39 is 0 Å². The first-order valence-corrected chi connectivity index (χ1v) is 8.31. The van der Waals surface area contributed by atoms with Crippen molar-refractivity contribution in [3.8, 4) is 0 Å². The zero-order valence-corrected chi connectivity index (χ0v) is 14.0. The average molecular weight is 280 g/mol. The van der Waals surface area contributed by atoms with Crippen LogP contribution < -0.4 is 5.32 Å². The van der Waals surface area contributed by atoms with Gasteiger partial charge in [0, 0.05) is 17.1 Å². The molecule has 0 bridgehead atoms. The molecule has 2 rings (SSSR count). The first-order chi connectivity index (χ1) is 8.72. The lowest BCUT2D eigenvalue weighted by Gasteiger charge is -2.48. The van der Waals surface area contributed by atoms with Crippen LogP contribution in [0.15, 0.2) is 5.38 Å². The number of nitrogens with zero attached hydrogens (tertiary/aromatic N) is 1. The molecular weight excluding hydrogens is 252 g/mol. The normalized spacial score (nSPS) is 30.8. The Hall–Kier alpha value is -0.410. The standard InChI is InChI=1S/C16H28N2S/c1-11(2)18-16(14-17-13(4)9-19-14)8-12(3)7-15(5,6)10-16/h9,11-12,18H,7-8,10H2,1-6H3. The maximum atomic E-state index is 4.82. The average Bonchev–Trinajstić information content (AvgIpc) is 2.60. The Bertz CT molecular complexity index is 432. The van der Waals surface area contributed by atoms with E-state index in [4.69, 9.17) is 4.98 Å². The number of thiazole rings is 1. The van der Waals surface area contributed by atoms with Gasteiger partial charge in [-0.3, -0.25) is 0 Å². The summed E-state index contributed by atoms with van der Waals surface area (Å²) in [5.74, 6) is 0.749. The summed E-state index contributed by atoms with van der Waals surface area (Å²) in [5, 5.41) is 7.33. The summed E-state index contributed by atoms with van der Waals surface area (Å²) in [4.78, 5) is 4.82. The van der Waals surface area contributed by atoms with E-state index in [1.807, 2.05) is 11.3 Å². The van der Waals surface area contributed by atoms with Crippen LogP contribution in [0, 0.1) is 18.3 Å². The van der Waals surface area contributed by atoms with Gasteiger partial charge >= 0.3 is 0 Å². The minimum atomic E-state index is 0.0776. The molecule has 2 unspecified atom stereocenters. The molecule has 1 saturated carbocycles. The molecule has 3 heteroatoms. The summed E-state index contributed by atoms with van der Waals surface area (Å²) in [6, 6.07) is 0.491. The number of hydrogen-bond acceptors (Lipinski definition) is 3. The van der Waals surface area contributed by atoms with Crippen LogP contribution >= 0.6 is 11.3 Å². The van der Waals surface area contributed by atoms with E-state index in [1.165, 1.54) is 24.3 Å². The highest BCUT2D eigenvalue weighted by Crippen LogP contribution is 2.49. The van der Waals surface area contributed by atoms with Crippen molar-refractivity contribution in [1.82, 2.24) is 10.3 Å². The van der Waals surface area contributed by atoms with Crippen molar-refractivity contribution in [1.29, 1.82) is 0 Å². The van der Waals surface area contributed by atoms with Crippen LogP contribution in [0.4, 0.5) is 0 Å². The Balaban J connectivity index is 2.39. The van der Waals surface area contributed by atoms with Gasteiger partial charge in [-0.2, -0.15) is 0 Å². The fourth-order valence-corrected chi connectivity index (χ4v) is 5.00. The molecule has 1 aliphatic rings. The number of aryl methyl sites for hydroxylation is 1. The lowest BCUT2D eigenvalue weighted by Crippen LogP contribution is -2.52. The van der Waals surface area contributed by atoms with Crippen molar-refractivity contribution in [3.63, 3.8) is 0 Å². The van der Waals surface area contributed by atoms with Gasteiger partial charge in [0.25, 0.3) is 0 Å². The Morgan fingerprint density at radius 3 is 2.53 bits per heavy atom. The summed E-state index contributed by atoms with van der Waals surface area (Å²) in [7, 11) is 0. The lowest BCUT2D eigenvalue weighted by atomic mass is 9.64. The lowest BCUT2D eigenvalue weighted by molar-refractivity contribution is 0.0731. The van der Waals surface area contributed by atoms with Crippen LogP contribution in [0.3, 0.4) is 0 Å². The van der Waals surface area contributed by atoms with Crippen molar-refractivity contribution in [2.45, 2.75) is 72.4 Å². The first kappa shape index (κ1) is 15.0. The van der Waals surface area contributed by atoms with Crippen LogP contribution in [0.5, 0.6) is 0 Å². The molecule has 108 valence electrons. The number of hydrogen-bond donors (Lipinski definition) is 1. The zero-order valence-electron chi connectivity index (χ0n) is 13.2. The molecule has 1 heterocycles. The van der Waals surface area contributed by atoms with E-state index >= 15 is 0 Å². The Labute approximate surface area is 122 Å². The van der Waals surface area contributed by atoms with Gasteiger partial charge < -0.3 is 5.32 Å². The zero-order chi connectivity index (χ0) is 14.3. The molecule has 1 fully saturated rings. The molecule has 0 aromatic carbocycles. The van der Waals surface area contributed by atoms with Gasteiger partial charge in [0.2, 0.25) is 0 Å². The third kappa shape index (κ3) is 3.38. The van der Waals surface area contributed by atoms with Crippen LogP contribution in [-0.2, 0) is 5.54 Å². The first-order valence-electron chi connectivity index (χ1n) is 7.43. The van der Waals surface area contributed by atoms with Crippen molar-refractivity contribution >= 4 is 11.3 Å². The second-order valence-corrected chi connectivity index (χ2v) is 8.39. The minimum absolute atomic E-state index is 0.0776. The molecule has 1 aromatic heterocycles. The summed E-state index contributed by atoms with van der Waals surface area (Å²) in [6.45, 7) is 13.8. The van der Waals surface area contributed by atoms with Gasteiger partial charge in [0.1, 0.15) is 5.01 Å². The van der Waals surface area contributed by atoms with Crippen LogP contribution in [0.1, 0.15) is 64.6 Å². The molecule has 19 heavy (non-hydrogen) atoms. The van der Waals surface area contributed by atoms with E-state index in [2.05, 4.69) is 52.2 Å². The largest absolute Gasteiger partial charge is 0.303 e. The smallest absolute Gasteiger partial charge is 0.113 e. The molecule has 0 spiro atoms. The third-order valence-corrected chi connectivity index (χ3v) is 5.14. The highest BCUT2D eigenvalue weighted by molar-refractivity contribution is 7.09. The minimum Gasteiger partial charge on any atom is -0.303 e. The second-order valence-electron chi connectivity index (χ2n) is 7.53.